The van der Waals surface area contributed by atoms with Gasteiger partial charge >= 0.3 is 0 Å². The van der Waals surface area contributed by atoms with Gasteiger partial charge in [0.15, 0.2) is 17.3 Å². The van der Waals surface area contributed by atoms with Crippen LogP contribution in [0.3, 0.4) is 0 Å². The van der Waals surface area contributed by atoms with Crippen molar-refractivity contribution in [3.05, 3.63) is 29.3 Å². The second-order valence-corrected chi connectivity index (χ2v) is 3.31. The molecule has 0 unspecified atom stereocenters. The van der Waals surface area contributed by atoms with E-state index in [2.05, 4.69) is 0 Å². The topological polar surface area (TPSA) is 46.5 Å². The van der Waals surface area contributed by atoms with Gasteiger partial charge < -0.3 is 9.84 Å². The number of aromatic hydroxyl groups is 1. The molecule has 0 heterocycles. The van der Waals surface area contributed by atoms with Gasteiger partial charge in [0.05, 0.1) is 7.11 Å². The molecule has 0 saturated carbocycles. The Morgan fingerprint density at radius 1 is 1.40 bits per heavy atom. The number of carbonyl (C=O) groups is 1. The Balaban J connectivity index is 3.07. The van der Waals surface area contributed by atoms with Crippen molar-refractivity contribution >= 4 is 11.9 Å². The minimum atomic E-state index is 0.0297. The molecule has 0 amide bonds. The van der Waals surface area contributed by atoms with Crippen LogP contribution in [0.25, 0.3) is 6.08 Å². The Morgan fingerprint density at radius 3 is 2.60 bits per heavy atom. The largest absolute Gasteiger partial charge is 0.504 e. The molecule has 1 aromatic rings. The lowest BCUT2D eigenvalue weighted by atomic mass is 10.1. The molecule has 0 saturated heterocycles. The predicted octanol–water partition coefficient (Wildman–Crippen LogP) is 2.39. The molecule has 0 atom stereocenters. The van der Waals surface area contributed by atoms with E-state index in [1.165, 1.54) is 20.1 Å². The summed E-state index contributed by atoms with van der Waals surface area (Å²) in [5, 5.41) is 9.37. The normalized spacial score (nSPS) is 11.3. The number of ketones is 1. The summed E-state index contributed by atoms with van der Waals surface area (Å²) in [6, 6.07) is 4.95. The second-order valence-electron chi connectivity index (χ2n) is 3.31. The van der Waals surface area contributed by atoms with Crippen molar-refractivity contribution in [1.29, 1.82) is 0 Å². The van der Waals surface area contributed by atoms with Crippen molar-refractivity contribution in [3.63, 3.8) is 0 Å². The van der Waals surface area contributed by atoms with Crippen LogP contribution in [0.5, 0.6) is 11.5 Å². The molecular weight excluding hydrogens is 192 g/mol. The zero-order valence-corrected chi connectivity index (χ0v) is 9.07. The highest BCUT2D eigenvalue weighted by Crippen LogP contribution is 2.27. The maximum absolute atomic E-state index is 11.0. The summed E-state index contributed by atoms with van der Waals surface area (Å²) >= 11 is 0. The smallest absolute Gasteiger partial charge is 0.161 e. The average Bonchev–Trinajstić information content (AvgIpc) is 2.20. The van der Waals surface area contributed by atoms with Gasteiger partial charge in [-0.3, -0.25) is 4.79 Å². The van der Waals surface area contributed by atoms with E-state index in [-0.39, 0.29) is 11.5 Å². The molecule has 80 valence electrons. The molecule has 0 aliphatic carbocycles. The molecule has 15 heavy (non-hydrogen) atoms. The fourth-order valence-electron chi connectivity index (χ4n) is 1.14. The molecule has 1 aromatic carbocycles. The van der Waals surface area contributed by atoms with Gasteiger partial charge in [-0.15, -0.1) is 0 Å². The van der Waals surface area contributed by atoms with Crippen LogP contribution in [0.1, 0.15) is 19.4 Å². The van der Waals surface area contributed by atoms with E-state index in [1.807, 2.05) is 0 Å². The summed E-state index contributed by atoms with van der Waals surface area (Å²) in [5.74, 6) is 0.525. The van der Waals surface area contributed by atoms with Crippen LogP contribution in [0.4, 0.5) is 0 Å². The molecular formula is C12H14O3. The molecule has 1 rings (SSSR count). The number of carbonyl (C=O) groups excluding carboxylic acids is 1. The second kappa shape index (κ2) is 4.64. The van der Waals surface area contributed by atoms with Gasteiger partial charge in [0.25, 0.3) is 0 Å². The van der Waals surface area contributed by atoms with Gasteiger partial charge in [0, 0.05) is 0 Å². The highest BCUT2D eigenvalue weighted by atomic mass is 16.5. The number of hydrogen-bond acceptors (Lipinski definition) is 3. The summed E-state index contributed by atoms with van der Waals surface area (Å²) < 4.78 is 4.96. The van der Waals surface area contributed by atoms with E-state index >= 15 is 0 Å². The zero-order valence-electron chi connectivity index (χ0n) is 9.07. The quantitative estimate of drug-likeness (QED) is 0.772. The molecule has 3 heteroatoms. The van der Waals surface area contributed by atoms with Crippen molar-refractivity contribution < 1.29 is 14.6 Å². The number of Topliss-reactive ketones (excluding diaryl/α,β-unsaturated/α-hetero) is 1. The molecule has 1 N–H and O–H groups in total. The van der Waals surface area contributed by atoms with Gasteiger partial charge in [-0.05, 0) is 43.2 Å². The third kappa shape index (κ3) is 2.84. The molecule has 0 aromatic heterocycles. The molecule has 0 radical (unpaired) electrons. The Kier molecular flexibility index (Phi) is 3.50. The van der Waals surface area contributed by atoms with Crippen molar-refractivity contribution in [2.45, 2.75) is 13.8 Å². The van der Waals surface area contributed by atoms with E-state index in [1.54, 1.807) is 25.1 Å². The summed E-state index contributed by atoms with van der Waals surface area (Å²) in [6.45, 7) is 3.27. The van der Waals surface area contributed by atoms with Crippen LogP contribution in [0, 0.1) is 0 Å². The molecule has 0 spiro atoms. The van der Waals surface area contributed by atoms with Crippen molar-refractivity contribution in [2.24, 2.45) is 0 Å². The van der Waals surface area contributed by atoms with Gasteiger partial charge in [0.1, 0.15) is 0 Å². The van der Waals surface area contributed by atoms with Crippen LogP contribution < -0.4 is 4.74 Å². The Morgan fingerprint density at radius 2 is 2.07 bits per heavy atom. The van der Waals surface area contributed by atoms with E-state index in [9.17, 15) is 9.90 Å². The standard InChI is InChI=1S/C12H14O3/c1-8(9(2)13)6-10-4-5-11(14)12(7-10)15-3/h4-7,14H,1-3H3. The van der Waals surface area contributed by atoms with E-state index in [0.717, 1.165) is 5.56 Å². The lowest BCUT2D eigenvalue weighted by molar-refractivity contribution is -0.113. The number of phenolic OH excluding ortho intramolecular Hbond substituents is 1. The number of methoxy groups -OCH3 is 1. The number of hydrogen-bond donors (Lipinski definition) is 1. The van der Waals surface area contributed by atoms with Gasteiger partial charge in [-0.25, -0.2) is 0 Å². The van der Waals surface area contributed by atoms with Crippen molar-refractivity contribution in [3.8, 4) is 11.5 Å². The summed E-state index contributed by atoms with van der Waals surface area (Å²) in [6.07, 6.45) is 1.75. The number of phenols is 1. The van der Waals surface area contributed by atoms with Gasteiger partial charge in [-0.1, -0.05) is 6.07 Å². The lowest BCUT2D eigenvalue weighted by Gasteiger charge is -2.04. The number of benzene rings is 1. The minimum Gasteiger partial charge on any atom is -0.504 e. The Bertz CT molecular complexity index is 405. The van der Waals surface area contributed by atoms with Gasteiger partial charge in [0.2, 0.25) is 0 Å². The minimum absolute atomic E-state index is 0.0297. The number of rotatable bonds is 3. The fraction of sp³-hybridized carbons (Fsp3) is 0.250. The summed E-state index contributed by atoms with van der Waals surface area (Å²) in [7, 11) is 1.49. The third-order valence-electron chi connectivity index (χ3n) is 2.14. The first kappa shape index (κ1) is 11.3. The van der Waals surface area contributed by atoms with Gasteiger partial charge in [-0.2, -0.15) is 0 Å². The summed E-state index contributed by atoms with van der Waals surface area (Å²) in [5.41, 5.74) is 1.50. The molecule has 0 aliphatic heterocycles. The lowest BCUT2D eigenvalue weighted by Crippen LogP contribution is -1.91. The van der Waals surface area contributed by atoms with Crippen molar-refractivity contribution in [1.82, 2.24) is 0 Å². The summed E-state index contributed by atoms with van der Waals surface area (Å²) in [4.78, 5) is 11.0. The van der Waals surface area contributed by atoms with Crippen LogP contribution in [0.15, 0.2) is 23.8 Å². The van der Waals surface area contributed by atoms with Crippen LogP contribution in [-0.2, 0) is 4.79 Å². The van der Waals surface area contributed by atoms with Crippen LogP contribution in [0.2, 0.25) is 0 Å². The Labute approximate surface area is 89.0 Å². The van der Waals surface area contributed by atoms with Crippen LogP contribution >= 0.6 is 0 Å². The first-order valence-electron chi connectivity index (χ1n) is 4.61. The average molecular weight is 206 g/mol. The highest BCUT2D eigenvalue weighted by Gasteiger charge is 2.02. The SMILES string of the molecule is COc1cc(C=C(C)C(C)=O)ccc1O. The molecule has 0 aliphatic rings. The first-order chi connectivity index (χ1) is 7.04. The number of allylic oxidation sites excluding steroid dienone is 1. The maximum atomic E-state index is 11.0. The van der Waals surface area contributed by atoms with Crippen LogP contribution in [-0.4, -0.2) is 18.0 Å². The maximum Gasteiger partial charge on any atom is 0.161 e. The highest BCUT2D eigenvalue weighted by molar-refractivity contribution is 5.97. The molecule has 0 fully saturated rings. The first-order valence-corrected chi connectivity index (χ1v) is 4.61. The number of ether oxygens (including phenoxy) is 1. The molecule has 3 nitrogen and oxygen atoms in total. The Hall–Kier alpha value is -1.77. The fourth-order valence-corrected chi connectivity index (χ4v) is 1.14. The van der Waals surface area contributed by atoms with E-state index in [4.69, 9.17) is 4.74 Å². The van der Waals surface area contributed by atoms with E-state index < -0.39 is 0 Å². The third-order valence-corrected chi connectivity index (χ3v) is 2.14. The monoisotopic (exact) mass is 206 g/mol. The zero-order chi connectivity index (χ0) is 11.4. The van der Waals surface area contributed by atoms with Crippen molar-refractivity contribution in [2.75, 3.05) is 7.11 Å². The van der Waals surface area contributed by atoms with E-state index in [0.29, 0.717) is 11.3 Å². The molecule has 0 bridgehead atoms. The predicted molar refractivity (Wildman–Crippen MR) is 59.0 cm³/mol.